The van der Waals surface area contributed by atoms with Gasteiger partial charge in [-0.05, 0) is 102 Å². The smallest absolute Gasteiger partial charge is 0.0543 e. The number of aliphatic hydroxyl groups is 1. The van der Waals surface area contributed by atoms with Gasteiger partial charge >= 0.3 is 0 Å². The summed E-state index contributed by atoms with van der Waals surface area (Å²) < 4.78 is 0. The van der Waals surface area contributed by atoms with E-state index in [4.69, 9.17) is 0 Å². The van der Waals surface area contributed by atoms with E-state index in [0.717, 1.165) is 30.6 Å². The Hall–Kier alpha value is -0.820. The maximum atomic E-state index is 10.2. The molecule has 162 valence electrons. The second-order valence-electron chi connectivity index (χ2n) is 11.8. The third-order valence-corrected chi connectivity index (χ3v) is 9.94. The van der Waals surface area contributed by atoms with E-state index in [2.05, 4.69) is 65.8 Å². The van der Waals surface area contributed by atoms with Crippen LogP contribution < -0.4 is 0 Å². The van der Waals surface area contributed by atoms with Crippen LogP contribution in [0.15, 0.2) is 35.5 Å². The molecule has 4 rings (SSSR count). The third kappa shape index (κ3) is 3.50. The van der Waals surface area contributed by atoms with E-state index in [-0.39, 0.29) is 6.10 Å². The first kappa shape index (κ1) is 21.4. The SMILES string of the molecule is CC(C)C(C)C=CC(C)C1CCC2C3=CCC4CC(O)CCC4(C)C3=CCC21C. The van der Waals surface area contributed by atoms with Crippen molar-refractivity contribution in [3.05, 3.63) is 35.5 Å². The molecule has 4 aliphatic rings. The number of allylic oxidation sites excluding steroid dienone is 6. The molecule has 2 saturated carbocycles. The average molecular weight is 397 g/mol. The predicted molar refractivity (Wildman–Crippen MR) is 123 cm³/mol. The zero-order valence-electron chi connectivity index (χ0n) is 19.7. The number of fused-ring (bicyclic) bond motifs is 5. The van der Waals surface area contributed by atoms with Crippen LogP contribution >= 0.6 is 0 Å². The maximum absolute atomic E-state index is 10.2. The summed E-state index contributed by atoms with van der Waals surface area (Å²) >= 11 is 0. The first-order chi connectivity index (χ1) is 13.7. The Labute approximate surface area is 179 Å². The summed E-state index contributed by atoms with van der Waals surface area (Å²) in [5.41, 5.74) is 4.11. The summed E-state index contributed by atoms with van der Waals surface area (Å²) in [6, 6.07) is 0. The minimum atomic E-state index is -0.0748. The molecule has 2 fully saturated rings. The highest BCUT2D eigenvalue weighted by Gasteiger charge is 2.55. The van der Waals surface area contributed by atoms with Crippen molar-refractivity contribution in [2.75, 3.05) is 0 Å². The summed E-state index contributed by atoms with van der Waals surface area (Å²) in [5, 5.41) is 10.2. The standard InChI is InChI=1S/C28H44O/c1-18(2)19(3)7-8-20(4)24-11-12-25-23-10-9-21-17-22(29)13-15-27(21,5)26(23)14-16-28(24,25)6/h7-8,10,14,18-22,24-25,29H,9,11-13,15-17H2,1-6H3. The van der Waals surface area contributed by atoms with Crippen molar-refractivity contribution in [1.82, 2.24) is 0 Å². The molecule has 29 heavy (non-hydrogen) atoms. The van der Waals surface area contributed by atoms with Gasteiger partial charge in [0.25, 0.3) is 0 Å². The van der Waals surface area contributed by atoms with Gasteiger partial charge in [-0.1, -0.05) is 65.8 Å². The van der Waals surface area contributed by atoms with Crippen LogP contribution in [0.25, 0.3) is 0 Å². The third-order valence-electron chi connectivity index (χ3n) is 9.94. The number of hydrogen-bond donors (Lipinski definition) is 1. The Morgan fingerprint density at radius 2 is 1.79 bits per heavy atom. The van der Waals surface area contributed by atoms with Crippen molar-refractivity contribution in [2.45, 2.75) is 92.6 Å². The summed E-state index contributed by atoms with van der Waals surface area (Å²) in [6.45, 7) is 14.6. The Balaban J connectivity index is 1.58. The van der Waals surface area contributed by atoms with Crippen molar-refractivity contribution in [3.8, 4) is 0 Å². The first-order valence-electron chi connectivity index (χ1n) is 12.4. The van der Waals surface area contributed by atoms with Gasteiger partial charge in [0.1, 0.15) is 0 Å². The minimum Gasteiger partial charge on any atom is -0.393 e. The molecule has 0 aromatic carbocycles. The molecule has 0 saturated heterocycles. The molecule has 1 N–H and O–H groups in total. The van der Waals surface area contributed by atoms with E-state index < -0.39 is 0 Å². The molecule has 0 amide bonds. The lowest BCUT2D eigenvalue weighted by Gasteiger charge is -2.53. The van der Waals surface area contributed by atoms with Gasteiger partial charge in [-0.3, -0.25) is 0 Å². The molecule has 4 aliphatic carbocycles. The Kier molecular flexibility index (Phi) is 5.69. The summed E-state index contributed by atoms with van der Waals surface area (Å²) in [5.74, 6) is 4.23. The van der Waals surface area contributed by atoms with Gasteiger partial charge in [0.2, 0.25) is 0 Å². The lowest BCUT2D eigenvalue weighted by molar-refractivity contribution is 0.0316. The van der Waals surface area contributed by atoms with Gasteiger partial charge in [-0.25, -0.2) is 0 Å². The van der Waals surface area contributed by atoms with Crippen LogP contribution in [0.4, 0.5) is 0 Å². The summed E-state index contributed by atoms with van der Waals surface area (Å²) in [4.78, 5) is 0. The number of hydrogen-bond acceptors (Lipinski definition) is 1. The van der Waals surface area contributed by atoms with E-state index in [1.54, 1.807) is 11.1 Å². The van der Waals surface area contributed by atoms with E-state index in [0.29, 0.717) is 28.6 Å². The van der Waals surface area contributed by atoms with E-state index in [9.17, 15) is 5.11 Å². The van der Waals surface area contributed by atoms with Crippen LogP contribution in [-0.4, -0.2) is 11.2 Å². The molecule has 1 heteroatoms. The number of aliphatic hydroxyl groups excluding tert-OH is 1. The molecule has 0 aliphatic heterocycles. The maximum Gasteiger partial charge on any atom is 0.0543 e. The highest BCUT2D eigenvalue weighted by molar-refractivity contribution is 5.46. The molecule has 0 bridgehead atoms. The lowest BCUT2D eigenvalue weighted by Crippen LogP contribution is -2.44. The zero-order chi connectivity index (χ0) is 21.0. The highest BCUT2D eigenvalue weighted by Crippen LogP contribution is 2.64. The van der Waals surface area contributed by atoms with Crippen LogP contribution in [0, 0.1) is 46.3 Å². The van der Waals surface area contributed by atoms with E-state index in [1.165, 1.54) is 32.1 Å². The molecule has 0 aromatic heterocycles. The topological polar surface area (TPSA) is 20.2 Å². The molecule has 0 aromatic rings. The molecule has 8 atom stereocenters. The van der Waals surface area contributed by atoms with Crippen molar-refractivity contribution < 1.29 is 5.11 Å². The van der Waals surface area contributed by atoms with Crippen molar-refractivity contribution >= 4 is 0 Å². The van der Waals surface area contributed by atoms with Gasteiger partial charge in [0.05, 0.1) is 6.10 Å². The molecule has 1 nitrogen and oxygen atoms in total. The van der Waals surface area contributed by atoms with Gasteiger partial charge in [0, 0.05) is 0 Å². The Bertz CT molecular complexity index is 712. The first-order valence-corrected chi connectivity index (χ1v) is 12.4. The van der Waals surface area contributed by atoms with E-state index in [1.807, 2.05) is 0 Å². The Morgan fingerprint density at radius 1 is 1.03 bits per heavy atom. The fourth-order valence-electron chi connectivity index (χ4n) is 7.44. The molecule has 0 heterocycles. The molecule has 0 radical (unpaired) electrons. The average Bonchev–Trinajstić information content (AvgIpc) is 3.03. The summed E-state index contributed by atoms with van der Waals surface area (Å²) in [7, 11) is 0. The lowest BCUT2D eigenvalue weighted by atomic mass is 9.51. The van der Waals surface area contributed by atoms with Crippen molar-refractivity contribution in [1.29, 1.82) is 0 Å². The van der Waals surface area contributed by atoms with Crippen molar-refractivity contribution in [3.63, 3.8) is 0 Å². The van der Waals surface area contributed by atoms with Crippen LogP contribution in [0.1, 0.15) is 86.5 Å². The van der Waals surface area contributed by atoms with Crippen LogP contribution in [0.2, 0.25) is 0 Å². The van der Waals surface area contributed by atoms with Gasteiger partial charge in [-0.15, -0.1) is 0 Å². The van der Waals surface area contributed by atoms with Gasteiger partial charge < -0.3 is 5.11 Å². The Morgan fingerprint density at radius 3 is 2.52 bits per heavy atom. The summed E-state index contributed by atoms with van der Waals surface area (Å²) in [6.07, 6.45) is 18.5. The zero-order valence-corrected chi connectivity index (χ0v) is 19.7. The van der Waals surface area contributed by atoms with Crippen molar-refractivity contribution in [2.24, 2.45) is 46.3 Å². The van der Waals surface area contributed by atoms with Crippen LogP contribution in [-0.2, 0) is 0 Å². The molecular formula is C28H44O. The molecule has 0 spiro atoms. The normalized spacial score (nSPS) is 44.0. The molecular weight excluding hydrogens is 352 g/mol. The van der Waals surface area contributed by atoms with Gasteiger partial charge in [-0.2, -0.15) is 0 Å². The largest absolute Gasteiger partial charge is 0.393 e. The van der Waals surface area contributed by atoms with Crippen LogP contribution in [0.5, 0.6) is 0 Å². The quantitative estimate of drug-likeness (QED) is 0.493. The molecule has 8 unspecified atom stereocenters. The van der Waals surface area contributed by atoms with Gasteiger partial charge in [0.15, 0.2) is 0 Å². The monoisotopic (exact) mass is 396 g/mol. The van der Waals surface area contributed by atoms with E-state index >= 15 is 0 Å². The predicted octanol–water partition coefficient (Wildman–Crippen LogP) is 7.33. The second kappa shape index (κ2) is 7.70. The fraction of sp³-hybridized carbons (Fsp3) is 0.786. The highest BCUT2D eigenvalue weighted by atomic mass is 16.3. The fourth-order valence-corrected chi connectivity index (χ4v) is 7.44. The van der Waals surface area contributed by atoms with Crippen LogP contribution in [0.3, 0.4) is 0 Å². The minimum absolute atomic E-state index is 0.0748. The second-order valence-corrected chi connectivity index (χ2v) is 11.8. The number of rotatable bonds is 4.